The first-order valence-electron chi connectivity index (χ1n) is 12.9. The third kappa shape index (κ3) is 4.54. The standard InChI is InChI=1S/C27H34N4O4/c1-3-30(14-17-12-27(2,13-17)16-28)21-5-4-6-23(21)35-19-7-8-20-18(11-19)15-31(26(20)34)22-9-10-24(32)29-25(22)33/h7-8,11,17,21-23H,3-6,9-10,12-15H2,1-2H3,(H,29,32,33)/t17-,21-,22?,23-,27+/m0/s1. The van der Waals surface area contributed by atoms with Gasteiger partial charge in [0.2, 0.25) is 11.8 Å². The normalized spacial score (nSPS) is 32.3. The lowest BCUT2D eigenvalue weighted by molar-refractivity contribution is -0.136. The number of hydrogen-bond donors (Lipinski definition) is 1. The molecule has 1 saturated heterocycles. The summed E-state index contributed by atoms with van der Waals surface area (Å²) in [4.78, 5) is 40.8. The minimum absolute atomic E-state index is 0.0961. The molecule has 2 heterocycles. The van der Waals surface area contributed by atoms with E-state index in [1.54, 1.807) is 11.0 Å². The zero-order valence-corrected chi connectivity index (χ0v) is 20.6. The first-order chi connectivity index (χ1) is 16.8. The number of piperidine rings is 1. The molecule has 2 aliphatic carbocycles. The number of nitrogens with one attached hydrogen (secondary N) is 1. The van der Waals surface area contributed by atoms with Gasteiger partial charge < -0.3 is 9.64 Å². The molecule has 0 bridgehead atoms. The summed E-state index contributed by atoms with van der Waals surface area (Å²) in [6.45, 7) is 6.58. The molecule has 1 aromatic rings. The minimum atomic E-state index is -0.608. The van der Waals surface area contributed by atoms with Crippen molar-refractivity contribution in [1.82, 2.24) is 15.1 Å². The van der Waals surface area contributed by atoms with Crippen LogP contribution >= 0.6 is 0 Å². The number of rotatable bonds is 7. The Morgan fingerprint density at radius 2 is 2.03 bits per heavy atom. The molecular weight excluding hydrogens is 444 g/mol. The van der Waals surface area contributed by atoms with E-state index in [-0.39, 0.29) is 29.8 Å². The van der Waals surface area contributed by atoms with Crippen molar-refractivity contribution < 1.29 is 19.1 Å². The molecule has 3 amide bonds. The lowest BCUT2D eigenvalue weighted by atomic mass is 9.64. The van der Waals surface area contributed by atoms with E-state index in [0.717, 1.165) is 56.5 Å². The van der Waals surface area contributed by atoms with E-state index in [1.807, 2.05) is 12.1 Å². The van der Waals surface area contributed by atoms with Crippen molar-refractivity contribution in [3.63, 3.8) is 0 Å². The molecule has 1 aromatic carbocycles. The number of nitrogens with zero attached hydrogens (tertiary/aromatic N) is 3. The number of amides is 3. The predicted octanol–water partition coefficient (Wildman–Crippen LogP) is 3.01. The van der Waals surface area contributed by atoms with Gasteiger partial charge in [0.1, 0.15) is 17.9 Å². The molecule has 5 rings (SSSR count). The fourth-order valence-corrected chi connectivity index (χ4v) is 6.53. The van der Waals surface area contributed by atoms with Crippen LogP contribution in [0.15, 0.2) is 18.2 Å². The van der Waals surface area contributed by atoms with Gasteiger partial charge in [-0.25, -0.2) is 0 Å². The molecule has 4 aliphatic rings. The van der Waals surface area contributed by atoms with Crippen molar-refractivity contribution >= 4 is 17.7 Å². The molecule has 3 atom stereocenters. The quantitative estimate of drug-likeness (QED) is 0.605. The highest BCUT2D eigenvalue weighted by Crippen LogP contribution is 2.45. The van der Waals surface area contributed by atoms with Gasteiger partial charge in [-0.2, -0.15) is 5.26 Å². The lowest BCUT2D eigenvalue weighted by Gasteiger charge is -2.44. The van der Waals surface area contributed by atoms with Crippen LogP contribution in [0.5, 0.6) is 5.75 Å². The summed E-state index contributed by atoms with van der Waals surface area (Å²) in [7, 11) is 0. The molecule has 0 spiro atoms. The summed E-state index contributed by atoms with van der Waals surface area (Å²) in [6, 6.07) is 7.80. The molecule has 8 nitrogen and oxygen atoms in total. The maximum atomic E-state index is 13.0. The lowest BCUT2D eigenvalue weighted by Crippen LogP contribution is -2.52. The molecule has 8 heteroatoms. The third-order valence-corrected chi connectivity index (χ3v) is 8.32. The van der Waals surface area contributed by atoms with E-state index in [2.05, 4.69) is 30.1 Å². The van der Waals surface area contributed by atoms with Crippen molar-refractivity contribution in [2.75, 3.05) is 13.1 Å². The SMILES string of the molecule is CCN(C[C@H]1C[C@@](C)(C#N)C1)[C@H]1CCC[C@@H]1Oc1ccc2c(c1)CN(C1CCC(=O)NC1=O)C2=O. The van der Waals surface area contributed by atoms with Gasteiger partial charge in [-0.05, 0) is 81.7 Å². The van der Waals surface area contributed by atoms with Crippen molar-refractivity contribution in [1.29, 1.82) is 5.26 Å². The Hall–Kier alpha value is -2.92. The fourth-order valence-electron chi connectivity index (χ4n) is 6.53. The van der Waals surface area contributed by atoms with Gasteiger partial charge in [0.25, 0.3) is 5.91 Å². The Morgan fingerprint density at radius 3 is 2.74 bits per heavy atom. The number of carbonyl (C=O) groups excluding carboxylic acids is 3. The first-order valence-corrected chi connectivity index (χ1v) is 12.9. The molecule has 186 valence electrons. The molecule has 2 aliphatic heterocycles. The van der Waals surface area contributed by atoms with Crippen LogP contribution in [0.25, 0.3) is 0 Å². The zero-order valence-electron chi connectivity index (χ0n) is 20.6. The van der Waals surface area contributed by atoms with Crippen molar-refractivity contribution in [3.05, 3.63) is 29.3 Å². The average molecular weight is 479 g/mol. The topological polar surface area (TPSA) is 103 Å². The van der Waals surface area contributed by atoms with Gasteiger partial charge in [-0.3, -0.25) is 24.6 Å². The van der Waals surface area contributed by atoms with Crippen LogP contribution in [-0.4, -0.2) is 58.8 Å². The number of nitriles is 1. The van der Waals surface area contributed by atoms with Crippen LogP contribution in [0.2, 0.25) is 0 Å². The van der Waals surface area contributed by atoms with Crippen molar-refractivity contribution in [2.45, 2.75) is 83.5 Å². The molecule has 1 N–H and O–H groups in total. The number of benzene rings is 1. The van der Waals surface area contributed by atoms with E-state index in [4.69, 9.17) is 4.74 Å². The number of likely N-dealkylation sites (N-methyl/N-ethyl adjacent to an activating group) is 1. The zero-order chi connectivity index (χ0) is 24.7. The Labute approximate surface area is 206 Å². The molecule has 35 heavy (non-hydrogen) atoms. The summed E-state index contributed by atoms with van der Waals surface area (Å²) in [5.41, 5.74) is 1.31. The molecule has 2 saturated carbocycles. The van der Waals surface area contributed by atoms with Crippen molar-refractivity contribution in [2.24, 2.45) is 11.3 Å². The summed E-state index contributed by atoms with van der Waals surface area (Å²) in [5, 5.41) is 11.7. The van der Waals surface area contributed by atoms with E-state index in [0.29, 0.717) is 30.5 Å². The van der Waals surface area contributed by atoms with Crippen LogP contribution in [0.1, 0.15) is 74.7 Å². The van der Waals surface area contributed by atoms with Gasteiger partial charge in [0.05, 0.1) is 11.5 Å². The van der Waals surface area contributed by atoms with Gasteiger partial charge >= 0.3 is 0 Å². The number of fused-ring (bicyclic) bond motifs is 1. The van der Waals surface area contributed by atoms with E-state index >= 15 is 0 Å². The Balaban J connectivity index is 1.23. The molecular formula is C27H34N4O4. The average Bonchev–Trinajstić information content (AvgIpc) is 3.40. The highest BCUT2D eigenvalue weighted by Gasteiger charge is 2.43. The van der Waals surface area contributed by atoms with E-state index in [9.17, 15) is 19.6 Å². The third-order valence-electron chi connectivity index (χ3n) is 8.32. The van der Waals surface area contributed by atoms with Crippen LogP contribution < -0.4 is 10.1 Å². The summed E-state index contributed by atoms with van der Waals surface area (Å²) in [5.74, 6) is 0.492. The minimum Gasteiger partial charge on any atom is -0.489 e. The second-order valence-corrected chi connectivity index (χ2v) is 10.9. The Bertz CT molecular complexity index is 1070. The number of ether oxygens (including phenoxy) is 1. The van der Waals surface area contributed by atoms with Gasteiger partial charge in [0.15, 0.2) is 0 Å². The smallest absolute Gasteiger partial charge is 0.255 e. The maximum absolute atomic E-state index is 13.0. The van der Waals surface area contributed by atoms with Gasteiger partial charge in [-0.1, -0.05) is 6.92 Å². The number of hydrogen-bond acceptors (Lipinski definition) is 6. The summed E-state index contributed by atoms with van der Waals surface area (Å²) in [6.07, 6.45) is 5.88. The van der Waals surface area contributed by atoms with E-state index in [1.165, 1.54) is 0 Å². The molecule has 3 fully saturated rings. The maximum Gasteiger partial charge on any atom is 0.255 e. The largest absolute Gasteiger partial charge is 0.489 e. The van der Waals surface area contributed by atoms with Crippen LogP contribution in [0.4, 0.5) is 0 Å². The molecule has 0 aromatic heterocycles. The van der Waals surface area contributed by atoms with E-state index < -0.39 is 11.9 Å². The van der Waals surface area contributed by atoms with Crippen LogP contribution in [-0.2, 0) is 16.1 Å². The highest BCUT2D eigenvalue weighted by molar-refractivity contribution is 6.05. The summed E-state index contributed by atoms with van der Waals surface area (Å²) >= 11 is 0. The first kappa shape index (κ1) is 23.8. The fraction of sp³-hybridized carbons (Fsp3) is 0.630. The second kappa shape index (κ2) is 9.27. The predicted molar refractivity (Wildman–Crippen MR) is 128 cm³/mol. The number of carbonyl (C=O) groups is 3. The van der Waals surface area contributed by atoms with Gasteiger partial charge in [0, 0.05) is 31.1 Å². The van der Waals surface area contributed by atoms with Crippen LogP contribution in [0.3, 0.4) is 0 Å². The number of imide groups is 1. The van der Waals surface area contributed by atoms with Gasteiger partial charge in [-0.15, -0.1) is 0 Å². The Morgan fingerprint density at radius 1 is 1.23 bits per heavy atom. The monoisotopic (exact) mass is 478 g/mol. The molecule has 1 unspecified atom stereocenters. The van der Waals surface area contributed by atoms with Crippen molar-refractivity contribution in [3.8, 4) is 11.8 Å². The Kier molecular flexibility index (Phi) is 6.30. The highest BCUT2D eigenvalue weighted by atomic mass is 16.5. The van der Waals surface area contributed by atoms with Crippen LogP contribution in [0, 0.1) is 22.7 Å². The summed E-state index contributed by atoms with van der Waals surface area (Å²) < 4.78 is 6.49. The second-order valence-electron chi connectivity index (χ2n) is 10.9. The molecule has 0 radical (unpaired) electrons.